The van der Waals surface area contributed by atoms with Crippen LogP contribution in [0.1, 0.15) is 29.7 Å². The topological polar surface area (TPSA) is 67.1 Å². The summed E-state index contributed by atoms with van der Waals surface area (Å²) in [4.78, 5) is 12.3. The zero-order valence-electron chi connectivity index (χ0n) is 13.1. The van der Waals surface area contributed by atoms with Crippen molar-refractivity contribution < 1.29 is 4.79 Å². The van der Waals surface area contributed by atoms with Gasteiger partial charge in [0.1, 0.15) is 6.04 Å². The molecule has 0 heterocycles. The quantitative estimate of drug-likeness (QED) is 0.768. The Morgan fingerprint density at radius 1 is 1.18 bits per heavy atom. The molecule has 1 atom stereocenters. The molecule has 2 rings (SSSR count). The SMILES string of the molecule is CCNCc1cccc(NC(=O)C(N)c2ccc(C)cc2)c1. The second-order valence-electron chi connectivity index (χ2n) is 5.36. The van der Waals surface area contributed by atoms with E-state index in [1.54, 1.807) is 0 Å². The van der Waals surface area contributed by atoms with Gasteiger partial charge in [0.15, 0.2) is 0 Å². The number of hydrogen-bond donors (Lipinski definition) is 3. The van der Waals surface area contributed by atoms with Gasteiger partial charge in [0.2, 0.25) is 5.91 Å². The van der Waals surface area contributed by atoms with E-state index in [1.165, 1.54) is 0 Å². The van der Waals surface area contributed by atoms with Gasteiger partial charge in [-0.2, -0.15) is 0 Å². The minimum absolute atomic E-state index is 0.204. The molecule has 0 aliphatic heterocycles. The maximum atomic E-state index is 12.3. The van der Waals surface area contributed by atoms with Crippen molar-refractivity contribution in [3.8, 4) is 0 Å². The van der Waals surface area contributed by atoms with Crippen LogP contribution in [0.5, 0.6) is 0 Å². The van der Waals surface area contributed by atoms with Gasteiger partial charge in [0, 0.05) is 12.2 Å². The van der Waals surface area contributed by atoms with E-state index in [1.807, 2.05) is 55.5 Å². The normalized spacial score (nSPS) is 12.0. The van der Waals surface area contributed by atoms with Crippen molar-refractivity contribution in [2.24, 2.45) is 5.73 Å². The van der Waals surface area contributed by atoms with Gasteiger partial charge < -0.3 is 16.4 Å². The fraction of sp³-hybridized carbons (Fsp3) is 0.278. The molecule has 4 heteroatoms. The number of aryl methyl sites for hydroxylation is 1. The predicted octanol–water partition coefficient (Wildman–Crippen LogP) is 2.74. The Morgan fingerprint density at radius 3 is 2.59 bits per heavy atom. The molecule has 0 bridgehead atoms. The van der Waals surface area contributed by atoms with E-state index in [2.05, 4.69) is 17.6 Å². The van der Waals surface area contributed by atoms with Gasteiger partial charge in [-0.1, -0.05) is 48.9 Å². The first-order valence-electron chi connectivity index (χ1n) is 7.53. The van der Waals surface area contributed by atoms with Gasteiger partial charge in [-0.25, -0.2) is 0 Å². The molecular formula is C18H23N3O. The van der Waals surface area contributed by atoms with Gasteiger partial charge in [0.05, 0.1) is 0 Å². The number of anilines is 1. The Labute approximate surface area is 131 Å². The van der Waals surface area contributed by atoms with Crippen LogP contribution in [-0.4, -0.2) is 12.5 Å². The summed E-state index contributed by atoms with van der Waals surface area (Å²) >= 11 is 0. The molecule has 0 spiro atoms. The molecule has 0 saturated carbocycles. The van der Waals surface area contributed by atoms with Crippen LogP contribution in [0.4, 0.5) is 5.69 Å². The van der Waals surface area contributed by atoms with Crippen LogP contribution in [0.25, 0.3) is 0 Å². The van der Waals surface area contributed by atoms with E-state index in [0.29, 0.717) is 0 Å². The van der Waals surface area contributed by atoms with E-state index in [0.717, 1.165) is 35.5 Å². The Kier molecular flexibility index (Phi) is 5.69. The zero-order chi connectivity index (χ0) is 15.9. The number of carbonyl (C=O) groups excluding carboxylic acids is 1. The summed E-state index contributed by atoms with van der Waals surface area (Å²) in [5.74, 6) is -0.204. The lowest BCUT2D eigenvalue weighted by Gasteiger charge is -2.13. The lowest BCUT2D eigenvalue weighted by molar-refractivity contribution is -0.117. The zero-order valence-corrected chi connectivity index (χ0v) is 13.1. The molecule has 0 aliphatic carbocycles. The number of carbonyl (C=O) groups is 1. The average Bonchev–Trinajstić information content (AvgIpc) is 2.53. The first-order chi connectivity index (χ1) is 10.6. The number of nitrogens with one attached hydrogen (secondary N) is 2. The highest BCUT2D eigenvalue weighted by Crippen LogP contribution is 2.16. The molecule has 4 nitrogen and oxygen atoms in total. The first kappa shape index (κ1) is 16.2. The molecule has 1 unspecified atom stereocenters. The Balaban J connectivity index is 2.03. The number of nitrogens with two attached hydrogens (primary N) is 1. The van der Waals surface area contributed by atoms with Crippen molar-refractivity contribution in [2.75, 3.05) is 11.9 Å². The van der Waals surface area contributed by atoms with Gasteiger partial charge >= 0.3 is 0 Å². The van der Waals surface area contributed by atoms with Crippen LogP contribution in [0.3, 0.4) is 0 Å². The Hall–Kier alpha value is -2.17. The van der Waals surface area contributed by atoms with Gasteiger partial charge in [-0.05, 0) is 36.7 Å². The molecule has 4 N–H and O–H groups in total. The number of rotatable bonds is 6. The van der Waals surface area contributed by atoms with Crippen molar-refractivity contribution in [3.63, 3.8) is 0 Å². The Morgan fingerprint density at radius 2 is 1.91 bits per heavy atom. The van der Waals surface area contributed by atoms with Crippen LogP contribution >= 0.6 is 0 Å². The molecule has 0 fully saturated rings. The largest absolute Gasteiger partial charge is 0.324 e. The van der Waals surface area contributed by atoms with Crippen molar-refractivity contribution in [3.05, 3.63) is 65.2 Å². The summed E-state index contributed by atoms with van der Waals surface area (Å²) in [6.07, 6.45) is 0. The van der Waals surface area contributed by atoms with E-state index in [-0.39, 0.29) is 5.91 Å². The fourth-order valence-electron chi connectivity index (χ4n) is 2.17. The van der Waals surface area contributed by atoms with Crippen molar-refractivity contribution >= 4 is 11.6 Å². The van der Waals surface area contributed by atoms with Gasteiger partial charge in [0.25, 0.3) is 0 Å². The minimum atomic E-state index is -0.668. The van der Waals surface area contributed by atoms with Crippen LogP contribution in [0.15, 0.2) is 48.5 Å². The predicted molar refractivity (Wildman–Crippen MR) is 90.6 cm³/mol. The molecule has 116 valence electrons. The van der Waals surface area contributed by atoms with E-state index in [9.17, 15) is 4.79 Å². The van der Waals surface area contributed by atoms with Crippen molar-refractivity contribution in [1.29, 1.82) is 0 Å². The Bertz CT molecular complexity index is 622. The summed E-state index contributed by atoms with van der Waals surface area (Å²) in [7, 11) is 0. The number of amides is 1. The third-order valence-electron chi connectivity index (χ3n) is 3.49. The highest BCUT2D eigenvalue weighted by Gasteiger charge is 2.15. The van der Waals surface area contributed by atoms with Gasteiger partial charge in [-0.3, -0.25) is 4.79 Å². The van der Waals surface area contributed by atoms with Crippen molar-refractivity contribution in [2.45, 2.75) is 26.4 Å². The molecule has 0 aromatic heterocycles. The van der Waals surface area contributed by atoms with Crippen LogP contribution in [0, 0.1) is 6.92 Å². The lowest BCUT2D eigenvalue weighted by Crippen LogP contribution is -2.27. The number of hydrogen-bond acceptors (Lipinski definition) is 3. The average molecular weight is 297 g/mol. The third kappa shape index (κ3) is 4.41. The van der Waals surface area contributed by atoms with E-state index >= 15 is 0 Å². The molecular weight excluding hydrogens is 274 g/mol. The molecule has 22 heavy (non-hydrogen) atoms. The highest BCUT2D eigenvalue weighted by molar-refractivity contribution is 5.95. The van der Waals surface area contributed by atoms with E-state index < -0.39 is 6.04 Å². The smallest absolute Gasteiger partial charge is 0.245 e. The van der Waals surface area contributed by atoms with E-state index in [4.69, 9.17) is 5.73 Å². The summed E-state index contributed by atoms with van der Waals surface area (Å²) in [5, 5.41) is 6.14. The molecule has 0 aliphatic rings. The standard InChI is InChI=1S/C18H23N3O/c1-3-20-12-14-5-4-6-16(11-14)21-18(22)17(19)15-9-7-13(2)8-10-15/h4-11,17,20H,3,12,19H2,1-2H3,(H,21,22). The van der Waals surface area contributed by atoms with Crippen LogP contribution in [-0.2, 0) is 11.3 Å². The monoisotopic (exact) mass is 297 g/mol. The van der Waals surface area contributed by atoms with Crippen LogP contribution in [0.2, 0.25) is 0 Å². The molecule has 0 radical (unpaired) electrons. The molecule has 2 aromatic carbocycles. The second kappa shape index (κ2) is 7.73. The third-order valence-corrected chi connectivity index (χ3v) is 3.49. The van der Waals surface area contributed by atoms with Crippen molar-refractivity contribution in [1.82, 2.24) is 5.32 Å². The first-order valence-corrected chi connectivity index (χ1v) is 7.53. The lowest BCUT2D eigenvalue weighted by atomic mass is 10.1. The maximum Gasteiger partial charge on any atom is 0.245 e. The minimum Gasteiger partial charge on any atom is -0.324 e. The fourth-order valence-corrected chi connectivity index (χ4v) is 2.17. The number of benzene rings is 2. The second-order valence-corrected chi connectivity index (χ2v) is 5.36. The highest BCUT2D eigenvalue weighted by atomic mass is 16.2. The summed E-state index contributed by atoms with van der Waals surface area (Å²) in [5.41, 5.74) is 9.88. The van der Waals surface area contributed by atoms with Gasteiger partial charge in [-0.15, -0.1) is 0 Å². The molecule has 2 aromatic rings. The summed E-state index contributed by atoms with van der Waals surface area (Å²) in [6, 6.07) is 14.8. The maximum absolute atomic E-state index is 12.3. The van der Waals surface area contributed by atoms with Crippen LogP contribution < -0.4 is 16.4 Å². The molecule has 1 amide bonds. The summed E-state index contributed by atoms with van der Waals surface area (Å²) in [6.45, 7) is 5.76. The summed E-state index contributed by atoms with van der Waals surface area (Å²) < 4.78 is 0. The molecule has 0 saturated heterocycles.